The normalized spacial score (nSPS) is 14.7. The molecule has 150 valence electrons. The smallest absolute Gasteiger partial charge is 0.286 e. The van der Waals surface area contributed by atoms with Gasteiger partial charge in [0.05, 0.1) is 25.4 Å². The van der Waals surface area contributed by atoms with Crippen LogP contribution in [0.2, 0.25) is 18.1 Å². The summed E-state index contributed by atoms with van der Waals surface area (Å²) < 4.78 is 20.3. The van der Waals surface area contributed by atoms with Crippen molar-refractivity contribution in [3.05, 3.63) is 42.0 Å². The highest BCUT2D eigenvalue weighted by Gasteiger charge is 2.40. The van der Waals surface area contributed by atoms with Crippen molar-refractivity contribution < 1.29 is 14.0 Å². The van der Waals surface area contributed by atoms with Crippen molar-refractivity contribution in [1.82, 2.24) is 9.97 Å². The molecule has 1 aliphatic rings. The van der Waals surface area contributed by atoms with Crippen LogP contribution in [0.5, 0.6) is 0 Å². The van der Waals surface area contributed by atoms with Crippen LogP contribution in [0, 0.1) is 5.82 Å². The Kier molecular flexibility index (Phi) is 5.54. The zero-order valence-corrected chi connectivity index (χ0v) is 18.0. The fourth-order valence-electron chi connectivity index (χ4n) is 2.46. The standard InChI is InChI=1S/C20H27FN4O2Si/c1-20(2,3)28(4,5)27-24-16-11-25(12-16)19-22-9-15(10-23-19)17-8-6-7-14(13-26)18(17)21/h6-10,26H,11-13H2,1-5H3. The van der Waals surface area contributed by atoms with Crippen molar-refractivity contribution in [3.8, 4) is 11.1 Å². The third kappa shape index (κ3) is 4.07. The summed E-state index contributed by atoms with van der Waals surface area (Å²) in [5, 5.41) is 13.7. The number of aliphatic hydroxyl groups is 1. The molecular formula is C20H27FN4O2Si. The quantitative estimate of drug-likeness (QED) is 0.605. The number of oxime groups is 1. The molecule has 1 aliphatic heterocycles. The number of hydrogen-bond acceptors (Lipinski definition) is 6. The Labute approximate surface area is 166 Å². The molecule has 2 aromatic rings. The SMILES string of the molecule is CC(C)(C)[Si](C)(C)ON=C1CN(c2ncc(-c3cccc(CO)c3F)cn2)C1. The molecule has 1 N–H and O–H groups in total. The number of anilines is 1. The maximum atomic E-state index is 14.4. The van der Waals surface area contributed by atoms with E-state index in [1.165, 1.54) is 0 Å². The Morgan fingerprint density at radius 1 is 1.21 bits per heavy atom. The molecule has 6 nitrogen and oxygen atoms in total. The van der Waals surface area contributed by atoms with Crippen LogP contribution in [-0.4, -0.2) is 42.2 Å². The minimum atomic E-state index is -1.90. The molecule has 8 heteroatoms. The molecule has 1 fully saturated rings. The second-order valence-electron chi connectivity index (χ2n) is 8.57. The van der Waals surface area contributed by atoms with Gasteiger partial charge in [-0.05, 0) is 18.1 Å². The van der Waals surface area contributed by atoms with Gasteiger partial charge in [-0.15, -0.1) is 5.16 Å². The van der Waals surface area contributed by atoms with Crippen LogP contribution in [-0.2, 0) is 11.1 Å². The summed E-state index contributed by atoms with van der Waals surface area (Å²) in [7, 11) is -1.90. The van der Waals surface area contributed by atoms with Gasteiger partial charge in [0.25, 0.3) is 8.32 Å². The number of halogens is 1. The first-order chi connectivity index (χ1) is 13.1. The Hall–Kier alpha value is -2.32. The van der Waals surface area contributed by atoms with Crippen LogP contribution in [0.1, 0.15) is 26.3 Å². The number of rotatable bonds is 5. The van der Waals surface area contributed by atoms with E-state index in [1.54, 1.807) is 30.6 Å². The van der Waals surface area contributed by atoms with Gasteiger partial charge in [0, 0.05) is 29.1 Å². The van der Waals surface area contributed by atoms with Gasteiger partial charge in [-0.25, -0.2) is 14.4 Å². The van der Waals surface area contributed by atoms with E-state index < -0.39 is 14.1 Å². The highest BCUT2D eigenvalue weighted by Crippen LogP contribution is 2.36. The molecule has 0 bridgehead atoms. The lowest BCUT2D eigenvalue weighted by Crippen LogP contribution is -2.49. The van der Waals surface area contributed by atoms with Crippen LogP contribution in [0.25, 0.3) is 11.1 Å². The number of nitrogens with zero attached hydrogens (tertiary/aromatic N) is 4. The third-order valence-electron chi connectivity index (χ3n) is 5.44. The largest absolute Gasteiger partial charge is 0.455 e. The van der Waals surface area contributed by atoms with Crippen molar-refractivity contribution in [2.24, 2.45) is 5.16 Å². The topological polar surface area (TPSA) is 70.8 Å². The predicted octanol–water partition coefficient (Wildman–Crippen LogP) is 3.97. The molecule has 0 saturated carbocycles. The van der Waals surface area contributed by atoms with E-state index in [-0.39, 0.29) is 17.2 Å². The van der Waals surface area contributed by atoms with E-state index in [2.05, 4.69) is 49.0 Å². The second kappa shape index (κ2) is 7.60. The maximum Gasteiger partial charge on any atom is 0.286 e. The van der Waals surface area contributed by atoms with Gasteiger partial charge >= 0.3 is 0 Å². The summed E-state index contributed by atoms with van der Waals surface area (Å²) in [5.41, 5.74) is 2.19. The summed E-state index contributed by atoms with van der Waals surface area (Å²) >= 11 is 0. The van der Waals surface area contributed by atoms with Crippen molar-refractivity contribution in [3.63, 3.8) is 0 Å². The van der Waals surface area contributed by atoms with Gasteiger partial charge in [-0.2, -0.15) is 0 Å². The molecule has 28 heavy (non-hydrogen) atoms. The van der Waals surface area contributed by atoms with E-state index in [0.717, 1.165) is 5.71 Å². The highest BCUT2D eigenvalue weighted by molar-refractivity contribution is 6.74. The third-order valence-corrected chi connectivity index (χ3v) is 9.60. The summed E-state index contributed by atoms with van der Waals surface area (Å²) in [6, 6.07) is 4.92. The van der Waals surface area contributed by atoms with Crippen molar-refractivity contribution in [2.75, 3.05) is 18.0 Å². The van der Waals surface area contributed by atoms with Crippen LogP contribution in [0.3, 0.4) is 0 Å². The van der Waals surface area contributed by atoms with Crippen molar-refractivity contribution in [1.29, 1.82) is 0 Å². The highest BCUT2D eigenvalue weighted by atomic mass is 28.4. The molecule has 1 saturated heterocycles. The monoisotopic (exact) mass is 402 g/mol. The zero-order valence-electron chi connectivity index (χ0n) is 17.0. The number of aliphatic hydroxyl groups excluding tert-OH is 1. The first-order valence-corrected chi connectivity index (χ1v) is 12.2. The number of benzene rings is 1. The Balaban J connectivity index is 1.65. The van der Waals surface area contributed by atoms with Crippen LogP contribution in [0.15, 0.2) is 35.7 Å². The first-order valence-electron chi connectivity index (χ1n) is 9.32. The number of aromatic nitrogens is 2. The van der Waals surface area contributed by atoms with Gasteiger partial charge in [0.2, 0.25) is 5.95 Å². The minimum Gasteiger partial charge on any atom is -0.455 e. The molecule has 2 heterocycles. The molecule has 0 unspecified atom stereocenters. The van der Waals surface area contributed by atoms with Gasteiger partial charge in [-0.1, -0.05) is 39.0 Å². The van der Waals surface area contributed by atoms with E-state index >= 15 is 0 Å². The predicted molar refractivity (Wildman–Crippen MR) is 111 cm³/mol. The summed E-state index contributed by atoms with van der Waals surface area (Å²) in [6.45, 7) is 11.8. The summed E-state index contributed by atoms with van der Waals surface area (Å²) in [5.74, 6) is 0.135. The molecule has 0 aliphatic carbocycles. The van der Waals surface area contributed by atoms with Gasteiger partial charge in [-0.3, -0.25) is 0 Å². The summed E-state index contributed by atoms with van der Waals surface area (Å²) in [6.07, 6.45) is 3.20. The molecule has 0 spiro atoms. The van der Waals surface area contributed by atoms with Gasteiger partial charge in [0.15, 0.2) is 0 Å². The molecule has 1 aromatic heterocycles. The van der Waals surface area contributed by atoms with E-state index in [9.17, 15) is 9.50 Å². The van der Waals surface area contributed by atoms with Crippen molar-refractivity contribution in [2.45, 2.75) is 45.5 Å². The average molecular weight is 403 g/mol. The van der Waals surface area contributed by atoms with Gasteiger partial charge < -0.3 is 14.5 Å². The first kappa shape index (κ1) is 20.4. The number of hydrogen-bond donors (Lipinski definition) is 1. The fourth-order valence-corrected chi connectivity index (χ4v) is 3.09. The molecule has 3 rings (SSSR count). The zero-order chi connectivity index (χ0) is 20.5. The molecular weight excluding hydrogens is 375 g/mol. The van der Waals surface area contributed by atoms with E-state index in [0.29, 0.717) is 30.2 Å². The fraction of sp³-hybridized carbons (Fsp3) is 0.450. The molecule has 0 radical (unpaired) electrons. The van der Waals surface area contributed by atoms with Crippen LogP contribution in [0.4, 0.5) is 10.3 Å². The second-order valence-corrected chi connectivity index (χ2v) is 13.3. The molecule has 1 aromatic carbocycles. The van der Waals surface area contributed by atoms with Gasteiger partial charge in [0.1, 0.15) is 5.82 Å². The maximum absolute atomic E-state index is 14.4. The van der Waals surface area contributed by atoms with E-state index in [4.69, 9.17) is 4.53 Å². The Morgan fingerprint density at radius 2 is 1.86 bits per heavy atom. The lowest BCUT2D eigenvalue weighted by Gasteiger charge is -2.36. The minimum absolute atomic E-state index is 0.113. The molecule has 0 amide bonds. The summed E-state index contributed by atoms with van der Waals surface area (Å²) in [4.78, 5) is 10.7. The molecule has 0 atom stereocenters. The van der Waals surface area contributed by atoms with Crippen LogP contribution < -0.4 is 4.90 Å². The average Bonchev–Trinajstić information content (AvgIpc) is 2.60. The van der Waals surface area contributed by atoms with E-state index in [1.807, 2.05) is 4.90 Å². The Bertz CT molecular complexity index is 871. The van der Waals surface area contributed by atoms with Crippen LogP contribution >= 0.6 is 0 Å². The lowest BCUT2D eigenvalue weighted by atomic mass is 10.1. The Morgan fingerprint density at radius 3 is 2.43 bits per heavy atom. The lowest BCUT2D eigenvalue weighted by molar-refractivity contribution is 0.276. The van der Waals surface area contributed by atoms with Crippen molar-refractivity contribution >= 4 is 20.0 Å².